The van der Waals surface area contributed by atoms with Gasteiger partial charge in [-0.25, -0.2) is 0 Å². The van der Waals surface area contributed by atoms with E-state index in [-0.39, 0.29) is 6.10 Å². The van der Waals surface area contributed by atoms with Gasteiger partial charge in [0.15, 0.2) is 0 Å². The third kappa shape index (κ3) is 0.776. The van der Waals surface area contributed by atoms with Crippen LogP contribution in [0.15, 0.2) is 0 Å². The van der Waals surface area contributed by atoms with Gasteiger partial charge in [-0.2, -0.15) is 0 Å². The van der Waals surface area contributed by atoms with Crippen molar-refractivity contribution in [1.82, 2.24) is 0 Å². The second kappa shape index (κ2) is 2.39. The Morgan fingerprint density at radius 2 is 1.81 bits per heavy atom. The van der Waals surface area contributed by atoms with Crippen molar-refractivity contribution in [2.24, 2.45) is 34.0 Å². The maximum atomic E-state index is 10.2. The Balaban J connectivity index is 1.79. The van der Waals surface area contributed by atoms with Crippen molar-refractivity contribution in [1.29, 1.82) is 0 Å². The molecule has 90 valence electrons. The summed E-state index contributed by atoms with van der Waals surface area (Å²) >= 11 is 0. The summed E-state index contributed by atoms with van der Waals surface area (Å²) in [6, 6.07) is 0. The van der Waals surface area contributed by atoms with Crippen LogP contribution < -0.4 is 0 Å². The van der Waals surface area contributed by atoms with Gasteiger partial charge >= 0.3 is 0 Å². The van der Waals surface area contributed by atoms with Gasteiger partial charge in [-0.15, -0.1) is 0 Å². The van der Waals surface area contributed by atoms with Crippen LogP contribution >= 0.6 is 0 Å². The van der Waals surface area contributed by atoms with Gasteiger partial charge < -0.3 is 5.11 Å². The summed E-state index contributed by atoms with van der Waals surface area (Å²) in [7, 11) is 0. The van der Waals surface area contributed by atoms with Crippen molar-refractivity contribution in [3.63, 3.8) is 0 Å². The van der Waals surface area contributed by atoms with E-state index >= 15 is 0 Å². The molecule has 5 aliphatic carbocycles. The van der Waals surface area contributed by atoms with Gasteiger partial charge in [-0.3, -0.25) is 0 Å². The fraction of sp³-hybridized carbons (Fsp3) is 1.00. The van der Waals surface area contributed by atoms with Gasteiger partial charge in [-0.1, -0.05) is 20.8 Å². The molecule has 1 heteroatoms. The minimum Gasteiger partial charge on any atom is -0.393 e. The lowest BCUT2D eigenvalue weighted by atomic mass is 9.44. The fourth-order valence-electron chi connectivity index (χ4n) is 6.35. The Hall–Kier alpha value is -0.0400. The molecular weight excluding hydrogens is 196 g/mol. The van der Waals surface area contributed by atoms with Crippen LogP contribution in [0.4, 0.5) is 0 Å². The largest absolute Gasteiger partial charge is 0.393 e. The van der Waals surface area contributed by atoms with Crippen molar-refractivity contribution < 1.29 is 5.11 Å². The topological polar surface area (TPSA) is 20.2 Å². The van der Waals surface area contributed by atoms with E-state index in [1.54, 1.807) is 0 Å². The molecule has 0 radical (unpaired) electrons. The first kappa shape index (κ1) is 9.94. The lowest BCUT2D eigenvalue weighted by molar-refractivity contribution is -0.147. The van der Waals surface area contributed by atoms with Gasteiger partial charge in [0, 0.05) is 0 Å². The molecule has 5 aliphatic rings. The van der Waals surface area contributed by atoms with Crippen molar-refractivity contribution in [2.75, 3.05) is 0 Å². The summed E-state index contributed by atoms with van der Waals surface area (Å²) < 4.78 is 0. The zero-order chi connectivity index (χ0) is 11.3. The third-order valence-electron chi connectivity index (χ3n) is 7.76. The van der Waals surface area contributed by atoms with E-state index in [2.05, 4.69) is 20.8 Å². The Kier molecular flexibility index (Phi) is 1.48. The lowest BCUT2D eigenvalue weighted by Gasteiger charge is -2.61. The number of rotatable bonds is 0. The molecule has 4 bridgehead atoms. The summed E-state index contributed by atoms with van der Waals surface area (Å²) in [5, 5.41) is 10.2. The highest BCUT2D eigenvalue weighted by Gasteiger charge is 2.79. The Morgan fingerprint density at radius 3 is 2.44 bits per heavy atom. The lowest BCUT2D eigenvalue weighted by Crippen LogP contribution is -2.55. The molecule has 1 spiro atoms. The molecule has 1 N–H and O–H groups in total. The van der Waals surface area contributed by atoms with Gasteiger partial charge in [0.05, 0.1) is 6.10 Å². The summed E-state index contributed by atoms with van der Waals surface area (Å²) in [6.45, 7) is 7.34. The number of aliphatic hydroxyl groups is 1. The van der Waals surface area contributed by atoms with E-state index in [4.69, 9.17) is 0 Å². The minimum absolute atomic E-state index is 0.0298. The smallest absolute Gasteiger partial charge is 0.0571 e. The van der Waals surface area contributed by atoms with E-state index in [0.29, 0.717) is 16.7 Å². The van der Waals surface area contributed by atoms with Crippen LogP contribution in [0, 0.1) is 34.0 Å². The maximum absolute atomic E-state index is 10.2. The molecule has 16 heavy (non-hydrogen) atoms. The minimum atomic E-state index is -0.0298. The molecule has 0 aromatic rings. The van der Waals surface area contributed by atoms with E-state index in [1.807, 2.05) is 0 Å². The van der Waals surface area contributed by atoms with Crippen LogP contribution in [-0.4, -0.2) is 11.2 Å². The van der Waals surface area contributed by atoms with E-state index in [9.17, 15) is 5.11 Å². The van der Waals surface area contributed by atoms with Crippen LogP contribution in [0.5, 0.6) is 0 Å². The zero-order valence-electron chi connectivity index (χ0n) is 10.8. The standard InChI is InChI=1S/C15H24O/c1-9-12(16)4-5-15-7-11-10(6-14(9,15)3)13(11,2)8-15/h9-12,16H,4-8H2,1-3H3. The molecule has 1 nitrogen and oxygen atoms in total. The second-order valence-corrected chi connectivity index (χ2v) is 7.90. The summed E-state index contributed by atoms with van der Waals surface area (Å²) in [4.78, 5) is 0. The number of hydrogen-bond donors (Lipinski definition) is 1. The molecule has 0 amide bonds. The van der Waals surface area contributed by atoms with Gasteiger partial charge in [0.2, 0.25) is 0 Å². The highest BCUT2D eigenvalue weighted by molar-refractivity contribution is 5.27. The van der Waals surface area contributed by atoms with Crippen LogP contribution in [0.25, 0.3) is 0 Å². The molecule has 5 saturated carbocycles. The molecule has 0 aromatic carbocycles. The van der Waals surface area contributed by atoms with Gasteiger partial charge in [0.1, 0.15) is 0 Å². The normalized spacial score (nSPS) is 71.2. The molecule has 5 fully saturated rings. The first-order valence-corrected chi connectivity index (χ1v) is 7.11. The number of aliphatic hydroxyl groups excluding tert-OH is 1. The Labute approximate surface area is 98.6 Å². The monoisotopic (exact) mass is 220 g/mol. The summed E-state index contributed by atoms with van der Waals surface area (Å²) in [5.74, 6) is 2.59. The van der Waals surface area contributed by atoms with E-state index in [1.165, 1.54) is 25.7 Å². The summed E-state index contributed by atoms with van der Waals surface area (Å²) in [6.07, 6.45) is 6.70. The van der Waals surface area contributed by atoms with Crippen molar-refractivity contribution in [3.8, 4) is 0 Å². The third-order valence-corrected chi connectivity index (χ3v) is 7.76. The number of hydrogen-bond acceptors (Lipinski definition) is 1. The predicted octanol–water partition coefficient (Wildman–Crippen LogP) is 3.22. The zero-order valence-corrected chi connectivity index (χ0v) is 10.8. The van der Waals surface area contributed by atoms with Crippen LogP contribution in [0.2, 0.25) is 0 Å². The summed E-state index contributed by atoms with van der Waals surface area (Å²) in [5.41, 5.74) is 1.78. The van der Waals surface area contributed by atoms with Crippen molar-refractivity contribution in [2.45, 2.75) is 59.0 Å². The molecule has 0 aromatic heterocycles. The van der Waals surface area contributed by atoms with Crippen LogP contribution in [0.3, 0.4) is 0 Å². The average Bonchev–Trinajstić information content (AvgIpc) is 2.66. The first-order valence-electron chi connectivity index (χ1n) is 7.11. The van der Waals surface area contributed by atoms with Crippen LogP contribution in [0.1, 0.15) is 52.9 Å². The van der Waals surface area contributed by atoms with Gasteiger partial charge in [-0.05, 0) is 66.1 Å². The van der Waals surface area contributed by atoms with E-state index < -0.39 is 0 Å². The average molecular weight is 220 g/mol. The van der Waals surface area contributed by atoms with Gasteiger partial charge in [0.25, 0.3) is 0 Å². The quantitative estimate of drug-likeness (QED) is 0.664. The second-order valence-electron chi connectivity index (χ2n) is 7.90. The van der Waals surface area contributed by atoms with Crippen LogP contribution in [-0.2, 0) is 0 Å². The Bertz CT molecular complexity index is 364. The maximum Gasteiger partial charge on any atom is 0.0571 e. The highest BCUT2D eigenvalue weighted by Crippen LogP contribution is 2.86. The SMILES string of the molecule is CC1C(O)CCC23CC4C(CC12C)C4(C)C3. The molecule has 5 rings (SSSR count). The van der Waals surface area contributed by atoms with Crippen molar-refractivity contribution >= 4 is 0 Å². The first-order chi connectivity index (χ1) is 7.43. The molecular formula is C15H24O. The highest BCUT2D eigenvalue weighted by atomic mass is 16.3. The fourth-order valence-corrected chi connectivity index (χ4v) is 6.35. The predicted molar refractivity (Wildman–Crippen MR) is 63.9 cm³/mol. The molecule has 0 aliphatic heterocycles. The molecule has 7 atom stereocenters. The Morgan fingerprint density at radius 1 is 1.12 bits per heavy atom. The molecule has 7 unspecified atom stereocenters. The van der Waals surface area contributed by atoms with Crippen molar-refractivity contribution in [3.05, 3.63) is 0 Å². The molecule has 0 saturated heterocycles. The molecule has 0 heterocycles. The van der Waals surface area contributed by atoms with E-state index in [0.717, 1.165) is 23.7 Å².